The second-order valence-corrected chi connectivity index (χ2v) is 2.59. The summed E-state index contributed by atoms with van der Waals surface area (Å²) in [6, 6.07) is 0. The fraction of sp³-hybridized carbons (Fsp3) is 1.00. The number of rotatable bonds is 0. The van der Waals surface area contributed by atoms with Gasteiger partial charge in [-0.3, -0.25) is 0 Å². The Bertz CT molecular complexity index is 71.2. The maximum absolute atomic E-state index is 11.2. The zero-order valence-corrected chi connectivity index (χ0v) is 3.71. The molecule has 1 aliphatic rings. The van der Waals surface area contributed by atoms with E-state index in [4.69, 9.17) is 0 Å². The fourth-order valence-corrected chi connectivity index (χ4v) is 0.382. The highest BCUT2D eigenvalue weighted by atomic mass is 31.1. The third-order valence-electron chi connectivity index (χ3n) is 0.554. The highest BCUT2D eigenvalue weighted by molar-refractivity contribution is 7.49. The van der Waals surface area contributed by atoms with Gasteiger partial charge in [-0.2, -0.15) is 8.78 Å². The molecule has 2 unspecified atom stereocenters. The molecule has 0 aromatic rings. The molecule has 0 amide bonds. The van der Waals surface area contributed by atoms with Crippen LogP contribution in [0.3, 0.4) is 0 Å². The predicted octanol–water partition coefficient (Wildman–Crippen LogP) is 1.57. The van der Waals surface area contributed by atoms with Gasteiger partial charge in [-0.25, -0.2) is 4.39 Å². The van der Waals surface area contributed by atoms with Crippen molar-refractivity contribution in [3.63, 3.8) is 0 Å². The van der Waals surface area contributed by atoms with Crippen LogP contribution in [-0.4, -0.2) is 11.6 Å². The molecule has 1 fully saturated rings. The molecule has 1 heterocycles. The van der Waals surface area contributed by atoms with Gasteiger partial charge >= 0.3 is 0 Å². The highest BCUT2D eigenvalue weighted by Crippen LogP contribution is 2.63. The van der Waals surface area contributed by atoms with E-state index in [2.05, 4.69) is 0 Å². The van der Waals surface area contributed by atoms with Crippen molar-refractivity contribution in [1.29, 1.82) is 0 Å². The molecular formula is C2H2F3P. The lowest BCUT2D eigenvalue weighted by Gasteiger charge is -1.78. The van der Waals surface area contributed by atoms with E-state index in [1.807, 2.05) is 0 Å². The molecule has 1 rings (SSSR count). The monoisotopic (exact) mass is 114 g/mol. The Hall–Kier alpha value is 0.220. The topological polar surface area (TPSA) is 0 Å². The maximum Gasteiger partial charge on any atom is 0.298 e. The Morgan fingerprint density at radius 3 is 1.67 bits per heavy atom. The largest absolute Gasteiger partial charge is 0.298 e. The van der Waals surface area contributed by atoms with Crippen LogP contribution in [0.5, 0.6) is 0 Å². The van der Waals surface area contributed by atoms with Crippen molar-refractivity contribution in [2.45, 2.75) is 11.6 Å². The Labute approximate surface area is 34.5 Å². The van der Waals surface area contributed by atoms with Crippen molar-refractivity contribution in [2.24, 2.45) is 0 Å². The first-order chi connectivity index (χ1) is 2.63. The normalized spacial score (nSPS) is 43.5. The summed E-state index contributed by atoms with van der Waals surface area (Å²) in [5, 5.41) is 0. The van der Waals surface area contributed by atoms with E-state index in [1.54, 1.807) is 0 Å². The predicted molar refractivity (Wildman–Crippen MR) is 18.2 cm³/mol. The zero-order valence-electron chi connectivity index (χ0n) is 2.71. The van der Waals surface area contributed by atoms with Crippen molar-refractivity contribution in [3.8, 4) is 0 Å². The van der Waals surface area contributed by atoms with Gasteiger partial charge in [-0.1, -0.05) is 0 Å². The van der Waals surface area contributed by atoms with Crippen LogP contribution in [0.4, 0.5) is 13.2 Å². The van der Waals surface area contributed by atoms with Crippen molar-refractivity contribution in [2.75, 3.05) is 0 Å². The fourth-order valence-electron chi connectivity index (χ4n) is 0.127. The highest BCUT2D eigenvalue weighted by Gasteiger charge is 2.58. The van der Waals surface area contributed by atoms with Crippen molar-refractivity contribution < 1.29 is 13.2 Å². The van der Waals surface area contributed by atoms with E-state index in [9.17, 15) is 13.2 Å². The number of halogens is 3. The van der Waals surface area contributed by atoms with E-state index in [0.29, 0.717) is 0 Å². The van der Waals surface area contributed by atoms with Gasteiger partial charge in [0.05, 0.1) is 0 Å². The first kappa shape index (κ1) is 4.38. The summed E-state index contributed by atoms with van der Waals surface area (Å²) >= 11 is 0. The van der Waals surface area contributed by atoms with Gasteiger partial charge in [0.25, 0.3) is 5.66 Å². The van der Waals surface area contributed by atoms with E-state index in [1.165, 1.54) is 0 Å². The molecule has 0 aromatic heterocycles. The van der Waals surface area contributed by atoms with Gasteiger partial charge in [0.15, 0.2) is 5.91 Å². The van der Waals surface area contributed by atoms with E-state index in [0.717, 1.165) is 0 Å². The van der Waals surface area contributed by atoms with Crippen molar-refractivity contribution >= 4 is 8.58 Å². The molecule has 0 saturated carbocycles. The number of alkyl halides is 3. The Kier molecular flexibility index (Phi) is 0.650. The molecule has 0 aromatic carbocycles. The lowest BCUT2D eigenvalue weighted by atomic mass is 10.8. The molecule has 1 saturated heterocycles. The maximum atomic E-state index is 11.2. The molecule has 0 N–H and O–H groups in total. The smallest absolute Gasteiger partial charge is 0.235 e. The average Bonchev–Trinajstić information content (AvgIpc) is 1.73. The second-order valence-electron chi connectivity index (χ2n) is 1.13. The SMILES string of the molecule is FC1PC1(F)F. The van der Waals surface area contributed by atoms with Gasteiger partial charge < -0.3 is 0 Å². The second kappa shape index (κ2) is 0.890. The Balaban J connectivity index is 2.41. The Morgan fingerprint density at radius 2 is 1.67 bits per heavy atom. The summed E-state index contributed by atoms with van der Waals surface area (Å²) in [4.78, 5) is 0. The van der Waals surface area contributed by atoms with E-state index >= 15 is 0 Å². The van der Waals surface area contributed by atoms with Crippen LogP contribution in [0.1, 0.15) is 0 Å². The molecule has 4 heteroatoms. The van der Waals surface area contributed by atoms with Crippen LogP contribution in [0.2, 0.25) is 0 Å². The number of hydrogen-bond acceptors (Lipinski definition) is 0. The molecule has 2 atom stereocenters. The van der Waals surface area contributed by atoms with Crippen molar-refractivity contribution in [3.05, 3.63) is 0 Å². The lowest BCUT2D eigenvalue weighted by molar-refractivity contribution is 0.104. The lowest BCUT2D eigenvalue weighted by Crippen LogP contribution is -1.89. The molecule has 1 aliphatic heterocycles. The summed E-state index contributed by atoms with van der Waals surface area (Å²) in [5.74, 6) is -1.81. The summed E-state index contributed by atoms with van der Waals surface area (Å²) in [6.45, 7) is 0. The van der Waals surface area contributed by atoms with Gasteiger partial charge in [0, 0.05) is 0 Å². The summed E-state index contributed by atoms with van der Waals surface area (Å²) in [5.41, 5.74) is -2.93. The summed E-state index contributed by atoms with van der Waals surface area (Å²) in [7, 11) is -0.766. The molecule has 0 spiro atoms. The minimum absolute atomic E-state index is 0.766. The van der Waals surface area contributed by atoms with Crippen LogP contribution < -0.4 is 0 Å². The van der Waals surface area contributed by atoms with Crippen LogP contribution in [0.15, 0.2) is 0 Å². The molecule has 6 heavy (non-hydrogen) atoms. The van der Waals surface area contributed by atoms with Crippen LogP contribution in [0, 0.1) is 0 Å². The quantitative estimate of drug-likeness (QED) is 0.419. The Morgan fingerprint density at radius 1 is 1.50 bits per heavy atom. The molecular weight excluding hydrogens is 112 g/mol. The van der Waals surface area contributed by atoms with E-state index < -0.39 is 20.2 Å². The van der Waals surface area contributed by atoms with Gasteiger partial charge in [-0.15, -0.1) is 0 Å². The van der Waals surface area contributed by atoms with Crippen LogP contribution in [-0.2, 0) is 0 Å². The van der Waals surface area contributed by atoms with Gasteiger partial charge in [0.1, 0.15) is 0 Å². The number of hydrogen-bond donors (Lipinski definition) is 0. The van der Waals surface area contributed by atoms with Crippen LogP contribution in [0.25, 0.3) is 0 Å². The third kappa shape index (κ3) is 0.515. The van der Waals surface area contributed by atoms with E-state index in [-0.39, 0.29) is 0 Å². The summed E-state index contributed by atoms with van der Waals surface area (Å²) in [6.07, 6.45) is 0. The molecule has 0 nitrogen and oxygen atoms in total. The molecule has 0 aliphatic carbocycles. The molecule has 0 radical (unpaired) electrons. The molecule has 36 valence electrons. The zero-order chi connectivity index (χ0) is 4.78. The average molecular weight is 114 g/mol. The first-order valence-corrected chi connectivity index (χ1v) is 2.50. The molecule has 0 bridgehead atoms. The van der Waals surface area contributed by atoms with Crippen LogP contribution >= 0.6 is 8.58 Å². The third-order valence-corrected chi connectivity index (χ3v) is 1.50. The minimum atomic E-state index is -2.93. The van der Waals surface area contributed by atoms with Gasteiger partial charge in [0.2, 0.25) is 0 Å². The summed E-state index contributed by atoms with van der Waals surface area (Å²) < 4.78 is 33.5. The van der Waals surface area contributed by atoms with Crippen molar-refractivity contribution in [1.82, 2.24) is 0 Å². The van der Waals surface area contributed by atoms with Gasteiger partial charge in [-0.05, 0) is 8.58 Å². The minimum Gasteiger partial charge on any atom is -0.235 e. The first-order valence-electron chi connectivity index (χ1n) is 1.42. The standard InChI is InChI=1S/C2H2F3P/c3-1-2(4,5)6-1/h1,6H.